The number of nitrogens with one attached hydrogen (secondary N) is 4. The Morgan fingerprint density at radius 3 is 2.05 bits per heavy atom. The Hall–Kier alpha value is -6.39. The van der Waals surface area contributed by atoms with Crippen LogP contribution in [0.1, 0.15) is 83.1 Å². The number of H-pyrrole nitrogens is 1. The van der Waals surface area contributed by atoms with Gasteiger partial charge in [-0.1, -0.05) is 36.4 Å². The third kappa shape index (κ3) is 12.4. The van der Waals surface area contributed by atoms with E-state index in [0.29, 0.717) is 47.6 Å². The summed E-state index contributed by atoms with van der Waals surface area (Å²) in [5, 5.41) is 22.7. The minimum atomic E-state index is -0.953. The molecule has 4 aromatic rings. The number of rotatable bonds is 11. The lowest BCUT2D eigenvalue weighted by molar-refractivity contribution is -0.130. The van der Waals surface area contributed by atoms with Gasteiger partial charge in [0.1, 0.15) is 23.1 Å². The van der Waals surface area contributed by atoms with E-state index >= 15 is 4.39 Å². The number of ether oxygens (including phenoxy) is 2. The van der Waals surface area contributed by atoms with Gasteiger partial charge in [-0.25, -0.2) is 14.0 Å². The van der Waals surface area contributed by atoms with Gasteiger partial charge in [0.15, 0.2) is 0 Å². The second-order valence-electron chi connectivity index (χ2n) is 17.8. The zero-order valence-electron chi connectivity index (χ0n) is 36.1. The Balaban J connectivity index is 1.11. The van der Waals surface area contributed by atoms with Gasteiger partial charge in [-0.15, -0.1) is 10.2 Å². The molecule has 1 saturated heterocycles. The van der Waals surface area contributed by atoms with Crippen molar-refractivity contribution in [1.82, 2.24) is 41.1 Å². The highest BCUT2D eigenvalue weighted by Crippen LogP contribution is 2.30. The molecule has 330 valence electrons. The fraction of sp³-hybridized carbons (Fsp3) is 0.467. The maximum atomic E-state index is 16.1. The number of hydrogen-bond acceptors (Lipinski definition) is 10. The molecule has 0 unspecified atom stereocenters. The summed E-state index contributed by atoms with van der Waals surface area (Å²) in [6.45, 7) is 12.3. The summed E-state index contributed by atoms with van der Waals surface area (Å²) in [7, 11) is 0. The summed E-state index contributed by atoms with van der Waals surface area (Å²) in [4.78, 5) is 68.9. The number of nitrogens with zero attached hydrogens (tertiary/aromatic N) is 5. The molecule has 0 spiro atoms. The molecule has 16 nitrogen and oxygen atoms in total. The fourth-order valence-electron chi connectivity index (χ4n) is 7.45. The van der Waals surface area contributed by atoms with Gasteiger partial charge in [0.05, 0.1) is 5.56 Å². The molecule has 17 heteroatoms. The van der Waals surface area contributed by atoms with Crippen LogP contribution >= 0.6 is 0 Å². The third-order valence-electron chi connectivity index (χ3n) is 10.7. The van der Waals surface area contributed by atoms with Gasteiger partial charge >= 0.3 is 12.2 Å². The number of carbonyl (C=O) groups is 5. The Morgan fingerprint density at radius 1 is 0.806 bits per heavy atom. The SMILES string of the molecule is CC(C)(C)OC(=O)NCC1CCC(C(=O)N[C@@H](Cc2ccc(-c3cccc(C(=O)N4CCN(C(=O)OC(C)(C)C)CC4)c3F)cc2)C(=O)Nc2ccc(-c3nn[nH]n3)cc2)CC1. The standard InChI is InChI=1S/C45H56FN9O7/c1-44(2,3)61-42(59)47-27-29-12-16-32(17-13-29)39(56)49-36(40(57)48-33-20-18-31(19-21-33)38-50-52-53-51-38)26-28-10-14-30(15-11-28)34-8-7-9-35(37(34)46)41(58)54-22-24-55(25-23-54)43(60)62-45(4,5)6/h7-11,14-15,18-21,29,32,36H,12-13,16-17,22-27H2,1-6H3,(H,47,59)(H,48,57)(H,49,56)(H,50,51,52,53)/t29?,32?,36-/m0/s1. The Kier molecular flexibility index (Phi) is 14.2. The lowest BCUT2D eigenvalue weighted by Gasteiger charge is -2.35. The van der Waals surface area contributed by atoms with E-state index in [2.05, 4.69) is 36.6 Å². The van der Waals surface area contributed by atoms with Gasteiger partial charge < -0.3 is 35.2 Å². The van der Waals surface area contributed by atoms with E-state index in [1.54, 1.807) is 107 Å². The Labute approximate surface area is 360 Å². The second kappa shape index (κ2) is 19.5. The molecule has 2 fully saturated rings. The number of benzene rings is 3. The van der Waals surface area contributed by atoms with Crippen LogP contribution in [0.3, 0.4) is 0 Å². The Morgan fingerprint density at radius 2 is 1.44 bits per heavy atom. The number of piperazine rings is 1. The van der Waals surface area contributed by atoms with E-state index in [-0.39, 0.29) is 61.5 Å². The third-order valence-corrected chi connectivity index (χ3v) is 10.7. The summed E-state index contributed by atoms with van der Waals surface area (Å²) in [6, 6.07) is 17.6. The van der Waals surface area contributed by atoms with Gasteiger partial charge in [-0.05, 0) is 120 Å². The van der Waals surface area contributed by atoms with Gasteiger partial charge in [-0.2, -0.15) is 5.21 Å². The van der Waals surface area contributed by atoms with Crippen molar-refractivity contribution in [2.75, 3.05) is 38.0 Å². The zero-order chi connectivity index (χ0) is 44.6. The van der Waals surface area contributed by atoms with Crippen LogP contribution in [0, 0.1) is 17.7 Å². The molecule has 1 aliphatic carbocycles. The zero-order valence-corrected chi connectivity index (χ0v) is 36.1. The highest BCUT2D eigenvalue weighted by atomic mass is 19.1. The van der Waals surface area contributed by atoms with E-state index < -0.39 is 47.1 Å². The van der Waals surface area contributed by atoms with Crippen molar-refractivity contribution >= 4 is 35.6 Å². The van der Waals surface area contributed by atoms with Crippen LogP contribution < -0.4 is 16.0 Å². The van der Waals surface area contributed by atoms with Crippen molar-refractivity contribution in [2.45, 2.75) is 90.9 Å². The largest absolute Gasteiger partial charge is 0.444 e. The number of tetrazole rings is 1. The molecule has 5 amide bonds. The number of hydrogen-bond donors (Lipinski definition) is 4. The molecule has 0 bridgehead atoms. The van der Waals surface area contributed by atoms with Crippen LogP contribution in [0.2, 0.25) is 0 Å². The minimum absolute atomic E-state index is 0.0737. The number of aromatic nitrogens is 4. The van der Waals surface area contributed by atoms with Crippen LogP contribution in [0.15, 0.2) is 66.7 Å². The molecule has 3 aromatic carbocycles. The van der Waals surface area contributed by atoms with E-state index in [9.17, 15) is 24.0 Å². The molecule has 2 aliphatic rings. The quantitative estimate of drug-likeness (QED) is 0.132. The molecule has 4 N–H and O–H groups in total. The first-order valence-electron chi connectivity index (χ1n) is 21.0. The van der Waals surface area contributed by atoms with E-state index in [1.807, 2.05) is 0 Å². The van der Waals surface area contributed by atoms with Gasteiger partial charge in [0.25, 0.3) is 5.91 Å². The van der Waals surface area contributed by atoms with Crippen LogP contribution in [0.4, 0.5) is 19.7 Å². The first-order valence-corrected chi connectivity index (χ1v) is 21.0. The summed E-state index contributed by atoms with van der Waals surface area (Å²) in [5.74, 6) is -1.50. The maximum absolute atomic E-state index is 16.1. The molecule has 2 heterocycles. The second-order valence-corrected chi connectivity index (χ2v) is 17.8. The van der Waals surface area contributed by atoms with E-state index in [0.717, 1.165) is 12.8 Å². The smallest absolute Gasteiger partial charge is 0.410 e. The maximum Gasteiger partial charge on any atom is 0.410 e. The topological polar surface area (TPSA) is 201 Å². The summed E-state index contributed by atoms with van der Waals surface area (Å²) >= 11 is 0. The number of aromatic amines is 1. The molecule has 1 aromatic heterocycles. The monoisotopic (exact) mass is 853 g/mol. The van der Waals surface area contributed by atoms with Crippen LogP contribution in [0.25, 0.3) is 22.5 Å². The fourth-order valence-corrected chi connectivity index (χ4v) is 7.45. The summed E-state index contributed by atoms with van der Waals surface area (Å²) in [5.41, 5.74) is 1.37. The highest BCUT2D eigenvalue weighted by molar-refractivity contribution is 5.98. The number of halogens is 1. The van der Waals surface area contributed by atoms with Crippen LogP contribution in [-0.4, -0.2) is 110 Å². The van der Waals surface area contributed by atoms with Crippen molar-refractivity contribution in [3.63, 3.8) is 0 Å². The number of carbonyl (C=O) groups excluding carboxylic acids is 5. The normalized spacial score (nSPS) is 17.4. The molecule has 6 rings (SSSR count). The molecule has 0 radical (unpaired) electrons. The van der Waals surface area contributed by atoms with Crippen molar-refractivity contribution in [2.24, 2.45) is 11.8 Å². The molecule has 1 saturated carbocycles. The first kappa shape index (κ1) is 45.1. The van der Waals surface area contributed by atoms with Gasteiger partial charge in [0, 0.05) is 61.9 Å². The number of alkyl carbamates (subject to hydrolysis) is 1. The summed E-state index contributed by atoms with van der Waals surface area (Å²) in [6.07, 6.45) is 1.88. The molecule has 1 atom stereocenters. The molecule has 1 aliphatic heterocycles. The molecular weight excluding hydrogens is 798 g/mol. The van der Waals surface area contributed by atoms with Crippen molar-refractivity contribution in [3.8, 4) is 22.5 Å². The van der Waals surface area contributed by atoms with Crippen molar-refractivity contribution in [3.05, 3.63) is 83.7 Å². The van der Waals surface area contributed by atoms with Crippen molar-refractivity contribution in [1.29, 1.82) is 0 Å². The van der Waals surface area contributed by atoms with E-state index in [4.69, 9.17) is 9.47 Å². The predicted octanol–water partition coefficient (Wildman–Crippen LogP) is 6.36. The van der Waals surface area contributed by atoms with Gasteiger partial charge in [-0.3, -0.25) is 14.4 Å². The number of anilines is 1. The lowest BCUT2D eigenvalue weighted by atomic mass is 9.81. The highest BCUT2D eigenvalue weighted by Gasteiger charge is 2.32. The first-order chi connectivity index (χ1) is 29.4. The van der Waals surface area contributed by atoms with E-state index in [1.165, 1.54) is 11.0 Å². The van der Waals surface area contributed by atoms with Crippen molar-refractivity contribution < 1.29 is 37.8 Å². The average Bonchev–Trinajstić information content (AvgIpc) is 3.78. The summed E-state index contributed by atoms with van der Waals surface area (Å²) < 4.78 is 26.9. The molecule has 62 heavy (non-hydrogen) atoms. The van der Waals surface area contributed by atoms with Crippen LogP contribution in [0.5, 0.6) is 0 Å². The van der Waals surface area contributed by atoms with Crippen LogP contribution in [-0.2, 0) is 25.5 Å². The lowest BCUT2D eigenvalue weighted by Crippen LogP contribution is -2.51. The number of amides is 5. The minimum Gasteiger partial charge on any atom is -0.444 e. The Bertz CT molecular complexity index is 2190. The van der Waals surface area contributed by atoms with Gasteiger partial charge in [0.2, 0.25) is 17.6 Å². The average molecular weight is 854 g/mol. The molecular formula is C45H56FN9O7. The predicted molar refractivity (Wildman–Crippen MR) is 229 cm³/mol.